The summed E-state index contributed by atoms with van der Waals surface area (Å²) in [6, 6.07) is 3.22. The van der Waals surface area contributed by atoms with E-state index in [9.17, 15) is 4.79 Å². The van der Waals surface area contributed by atoms with Crippen LogP contribution in [0.25, 0.3) is 0 Å². The van der Waals surface area contributed by atoms with Gasteiger partial charge in [-0.2, -0.15) is 0 Å². The summed E-state index contributed by atoms with van der Waals surface area (Å²) < 4.78 is 5.69. The van der Waals surface area contributed by atoms with E-state index in [1.54, 1.807) is 19.2 Å². The predicted octanol–water partition coefficient (Wildman–Crippen LogP) is 2.22. The first-order valence-corrected chi connectivity index (χ1v) is 5.45. The molecule has 90 valence electrons. The maximum Gasteiger partial charge on any atom is 0.307 e. The summed E-state index contributed by atoms with van der Waals surface area (Å²) in [5, 5.41) is 0. The molecular formula is C10H14BrClN2O2. The predicted molar refractivity (Wildman–Crippen MR) is 67.4 cm³/mol. The Morgan fingerprint density at radius 3 is 2.81 bits per heavy atom. The highest BCUT2D eigenvalue weighted by Gasteiger charge is 2.13. The molecular weight excluding hydrogens is 295 g/mol. The molecule has 1 heterocycles. The second kappa shape index (κ2) is 7.60. The van der Waals surface area contributed by atoms with Crippen LogP contribution >= 0.6 is 28.3 Å². The van der Waals surface area contributed by atoms with Crippen molar-refractivity contribution in [2.45, 2.75) is 19.4 Å². The van der Waals surface area contributed by atoms with Crippen LogP contribution in [-0.2, 0) is 9.53 Å². The van der Waals surface area contributed by atoms with Gasteiger partial charge in [-0.1, -0.05) is 0 Å². The molecule has 0 aliphatic rings. The van der Waals surface area contributed by atoms with Gasteiger partial charge in [-0.05, 0) is 35.0 Å². The zero-order chi connectivity index (χ0) is 11.3. The fraction of sp³-hybridized carbons (Fsp3) is 0.400. The highest BCUT2D eigenvalue weighted by atomic mass is 79.9. The summed E-state index contributed by atoms with van der Waals surface area (Å²) in [5.41, 5.74) is 6.48. The lowest BCUT2D eigenvalue weighted by molar-refractivity contribution is -0.143. The molecule has 1 aromatic rings. The first-order chi connectivity index (χ1) is 7.13. The minimum Gasteiger partial charge on any atom is -0.466 e. The van der Waals surface area contributed by atoms with Gasteiger partial charge in [-0.15, -0.1) is 12.4 Å². The molecule has 16 heavy (non-hydrogen) atoms. The number of hydrogen-bond donors (Lipinski definition) is 1. The highest BCUT2D eigenvalue weighted by molar-refractivity contribution is 9.10. The number of rotatable bonds is 4. The number of nitrogens with two attached hydrogens (primary N) is 1. The van der Waals surface area contributed by atoms with Crippen LogP contribution in [-0.4, -0.2) is 17.6 Å². The zero-order valence-corrected chi connectivity index (χ0v) is 11.3. The summed E-state index contributed by atoms with van der Waals surface area (Å²) >= 11 is 3.28. The van der Waals surface area contributed by atoms with Gasteiger partial charge in [-0.3, -0.25) is 9.78 Å². The topological polar surface area (TPSA) is 65.2 Å². The molecule has 0 bridgehead atoms. The molecule has 0 aromatic carbocycles. The van der Waals surface area contributed by atoms with Crippen molar-refractivity contribution >= 4 is 34.3 Å². The van der Waals surface area contributed by atoms with Gasteiger partial charge in [0.1, 0.15) is 0 Å². The van der Waals surface area contributed by atoms with Crippen molar-refractivity contribution in [2.24, 2.45) is 5.73 Å². The molecule has 0 amide bonds. The highest BCUT2D eigenvalue weighted by Crippen LogP contribution is 2.14. The fourth-order valence-electron chi connectivity index (χ4n) is 1.11. The van der Waals surface area contributed by atoms with Crippen molar-refractivity contribution in [3.05, 3.63) is 28.5 Å². The molecule has 4 nitrogen and oxygen atoms in total. The quantitative estimate of drug-likeness (QED) is 0.866. The van der Waals surface area contributed by atoms with Gasteiger partial charge in [0.15, 0.2) is 0 Å². The van der Waals surface area contributed by atoms with Crippen LogP contribution in [0, 0.1) is 0 Å². The fourth-order valence-corrected chi connectivity index (χ4v) is 1.35. The normalized spacial score (nSPS) is 11.4. The van der Waals surface area contributed by atoms with E-state index in [4.69, 9.17) is 10.5 Å². The minimum absolute atomic E-state index is 0. The van der Waals surface area contributed by atoms with Crippen molar-refractivity contribution in [3.8, 4) is 0 Å². The molecule has 0 spiro atoms. The number of esters is 1. The van der Waals surface area contributed by atoms with E-state index in [1.165, 1.54) is 0 Å². The van der Waals surface area contributed by atoms with Crippen LogP contribution in [0.1, 0.15) is 25.1 Å². The maximum atomic E-state index is 11.2. The standard InChI is InChI=1S/C10H13BrN2O2.ClH/c1-2-15-10(14)5-8(12)9-4-3-7(11)6-13-9;/h3-4,6,8H,2,5,12H2,1H3;1H/t8-;/m0./s1. The Bertz CT molecular complexity index is 332. The van der Waals surface area contributed by atoms with Crippen LogP contribution < -0.4 is 5.73 Å². The Morgan fingerprint density at radius 1 is 1.62 bits per heavy atom. The van der Waals surface area contributed by atoms with Crippen molar-refractivity contribution in [3.63, 3.8) is 0 Å². The van der Waals surface area contributed by atoms with E-state index in [0.29, 0.717) is 12.3 Å². The minimum atomic E-state index is -0.405. The van der Waals surface area contributed by atoms with E-state index in [2.05, 4.69) is 20.9 Å². The number of halogens is 2. The third-order valence-electron chi connectivity index (χ3n) is 1.82. The third kappa shape index (κ3) is 4.92. The van der Waals surface area contributed by atoms with E-state index >= 15 is 0 Å². The third-order valence-corrected chi connectivity index (χ3v) is 2.29. The van der Waals surface area contributed by atoms with Crippen molar-refractivity contribution in [1.29, 1.82) is 0 Å². The maximum absolute atomic E-state index is 11.2. The molecule has 1 aromatic heterocycles. The van der Waals surface area contributed by atoms with Gasteiger partial charge in [0, 0.05) is 10.7 Å². The molecule has 6 heteroatoms. The first-order valence-electron chi connectivity index (χ1n) is 4.66. The number of ether oxygens (including phenoxy) is 1. The molecule has 0 fully saturated rings. The van der Waals surface area contributed by atoms with Crippen molar-refractivity contribution in [2.75, 3.05) is 6.61 Å². The van der Waals surface area contributed by atoms with Crippen LogP contribution in [0.3, 0.4) is 0 Å². The van der Waals surface area contributed by atoms with Crippen molar-refractivity contribution in [1.82, 2.24) is 4.98 Å². The average molecular weight is 310 g/mol. The average Bonchev–Trinajstić information content (AvgIpc) is 2.18. The number of carbonyl (C=O) groups excluding carboxylic acids is 1. The number of aromatic nitrogens is 1. The van der Waals surface area contributed by atoms with E-state index in [-0.39, 0.29) is 24.8 Å². The molecule has 0 radical (unpaired) electrons. The Hall–Kier alpha value is -0.650. The molecule has 0 aliphatic heterocycles. The first kappa shape index (κ1) is 15.3. The Labute approximate surface area is 109 Å². The molecule has 0 saturated heterocycles. The lowest BCUT2D eigenvalue weighted by atomic mass is 10.1. The van der Waals surface area contributed by atoms with Gasteiger partial charge >= 0.3 is 5.97 Å². The van der Waals surface area contributed by atoms with Crippen LogP contribution in [0.4, 0.5) is 0 Å². The molecule has 0 saturated carbocycles. The second-order valence-corrected chi connectivity index (χ2v) is 3.93. The molecule has 1 atom stereocenters. The summed E-state index contributed by atoms with van der Waals surface area (Å²) in [6.07, 6.45) is 1.81. The molecule has 0 unspecified atom stereocenters. The summed E-state index contributed by atoms with van der Waals surface area (Å²) in [5.74, 6) is -0.297. The zero-order valence-electron chi connectivity index (χ0n) is 8.85. The number of hydrogen-bond acceptors (Lipinski definition) is 4. The molecule has 2 N–H and O–H groups in total. The monoisotopic (exact) mass is 308 g/mol. The lowest BCUT2D eigenvalue weighted by Gasteiger charge is -2.09. The van der Waals surface area contributed by atoms with E-state index in [0.717, 1.165) is 4.47 Å². The van der Waals surface area contributed by atoms with E-state index < -0.39 is 6.04 Å². The molecule has 0 aliphatic carbocycles. The number of carbonyl (C=O) groups is 1. The van der Waals surface area contributed by atoms with Crippen LogP contribution in [0.15, 0.2) is 22.8 Å². The van der Waals surface area contributed by atoms with Crippen LogP contribution in [0.2, 0.25) is 0 Å². The summed E-state index contributed by atoms with van der Waals surface area (Å²) in [4.78, 5) is 15.3. The largest absolute Gasteiger partial charge is 0.466 e. The second-order valence-electron chi connectivity index (χ2n) is 3.02. The molecule has 1 rings (SSSR count). The lowest BCUT2D eigenvalue weighted by Crippen LogP contribution is -2.18. The number of pyridine rings is 1. The summed E-state index contributed by atoms with van der Waals surface area (Å²) in [6.45, 7) is 2.14. The van der Waals surface area contributed by atoms with Crippen LogP contribution in [0.5, 0.6) is 0 Å². The van der Waals surface area contributed by atoms with Gasteiger partial charge in [0.2, 0.25) is 0 Å². The van der Waals surface area contributed by atoms with Gasteiger partial charge < -0.3 is 10.5 Å². The van der Waals surface area contributed by atoms with E-state index in [1.807, 2.05) is 6.07 Å². The Balaban J connectivity index is 0.00000225. The SMILES string of the molecule is CCOC(=O)C[C@H](N)c1ccc(Br)cn1.Cl. The van der Waals surface area contributed by atoms with Gasteiger partial charge in [0.05, 0.1) is 24.8 Å². The smallest absolute Gasteiger partial charge is 0.307 e. The van der Waals surface area contributed by atoms with Gasteiger partial charge in [0.25, 0.3) is 0 Å². The Morgan fingerprint density at radius 2 is 2.31 bits per heavy atom. The summed E-state index contributed by atoms with van der Waals surface area (Å²) in [7, 11) is 0. The van der Waals surface area contributed by atoms with Crippen molar-refractivity contribution < 1.29 is 9.53 Å². The number of nitrogens with zero attached hydrogens (tertiary/aromatic N) is 1. The van der Waals surface area contributed by atoms with Gasteiger partial charge in [-0.25, -0.2) is 0 Å². The Kier molecular flexibility index (Phi) is 7.29.